The Labute approximate surface area is 199 Å². The fourth-order valence-electron chi connectivity index (χ4n) is 3.46. The van der Waals surface area contributed by atoms with Gasteiger partial charge in [0.25, 0.3) is 11.5 Å². The molecule has 0 radical (unpaired) electrons. The summed E-state index contributed by atoms with van der Waals surface area (Å²) in [5, 5.41) is 10.8. The van der Waals surface area contributed by atoms with Crippen molar-refractivity contribution in [3.63, 3.8) is 0 Å². The number of pyridine rings is 1. The summed E-state index contributed by atoms with van der Waals surface area (Å²) < 4.78 is 3.08. The maximum Gasteiger partial charge on any atom is 0.314 e. The van der Waals surface area contributed by atoms with Crippen molar-refractivity contribution in [1.29, 1.82) is 0 Å². The van der Waals surface area contributed by atoms with Crippen LogP contribution in [0.25, 0.3) is 16.4 Å². The van der Waals surface area contributed by atoms with Crippen LogP contribution in [0.2, 0.25) is 5.02 Å². The lowest BCUT2D eigenvalue weighted by Gasteiger charge is -2.14. The summed E-state index contributed by atoms with van der Waals surface area (Å²) in [5.74, 6) is -0.516. The Hall–Kier alpha value is -4.12. The van der Waals surface area contributed by atoms with Crippen molar-refractivity contribution in [2.24, 2.45) is 5.73 Å². The number of benzene rings is 1. The highest BCUT2D eigenvalue weighted by atomic mass is 35.5. The van der Waals surface area contributed by atoms with Crippen molar-refractivity contribution in [2.75, 3.05) is 19.3 Å². The number of anilines is 1. The minimum Gasteiger partial charge on any atom is -0.381 e. The van der Waals surface area contributed by atoms with Gasteiger partial charge in [-0.25, -0.2) is 14.3 Å². The van der Waals surface area contributed by atoms with Gasteiger partial charge in [0.05, 0.1) is 10.4 Å². The zero-order valence-corrected chi connectivity index (χ0v) is 19.5. The molecule has 6 N–H and O–H groups in total. The smallest absolute Gasteiger partial charge is 0.314 e. The van der Waals surface area contributed by atoms with E-state index in [1.54, 1.807) is 36.1 Å². The Kier molecular flexibility index (Phi) is 7.69. The molecule has 4 rings (SSSR count). The van der Waals surface area contributed by atoms with E-state index in [0.29, 0.717) is 29.1 Å². The van der Waals surface area contributed by atoms with Crippen molar-refractivity contribution in [2.45, 2.75) is 19.9 Å². The molecule has 0 saturated carbocycles. The zero-order valence-electron chi connectivity index (χ0n) is 18.7. The van der Waals surface area contributed by atoms with E-state index in [1.165, 1.54) is 4.52 Å². The molecule has 0 aliphatic rings. The van der Waals surface area contributed by atoms with E-state index in [-0.39, 0.29) is 23.0 Å². The van der Waals surface area contributed by atoms with E-state index < -0.39 is 5.91 Å². The van der Waals surface area contributed by atoms with Crippen molar-refractivity contribution >= 4 is 45.8 Å². The number of halogens is 1. The van der Waals surface area contributed by atoms with E-state index in [4.69, 9.17) is 23.1 Å². The molecule has 0 spiro atoms. The topological polar surface area (TPSA) is 162 Å². The maximum atomic E-state index is 12.6. The molecule has 0 atom stereocenters. The monoisotopic (exact) mass is 484 g/mol. The van der Waals surface area contributed by atoms with Crippen LogP contribution in [0.15, 0.2) is 47.5 Å². The van der Waals surface area contributed by atoms with E-state index >= 15 is 0 Å². The van der Waals surface area contributed by atoms with Gasteiger partial charge in [0.2, 0.25) is 0 Å². The number of carbonyl (C=O) groups is 2. The molecule has 12 heteroatoms. The molecule has 3 aromatic heterocycles. The number of fused-ring (bicyclic) bond motifs is 2. The molecule has 0 bridgehead atoms. The van der Waals surface area contributed by atoms with Crippen molar-refractivity contribution < 1.29 is 9.59 Å². The van der Waals surface area contributed by atoms with E-state index in [2.05, 4.69) is 20.7 Å². The lowest BCUT2D eigenvalue weighted by molar-refractivity contribution is 0.100. The number of nitrogens with two attached hydrogens (primary N) is 2. The maximum absolute atomic E-state index is 12.6. The summed E-state index contributed by atoms with van der Waals surface area (Å²) in [7, 11) is 1.55. The van der Waals surface area contributed by atoms with Crippen LogP contribution in [0, 0.1) is 0 Å². The van der Waals surface area contributed by atoms with Crippen LogP contribution in [0.3, 0.4) is 0 Å². The molecule has 11 nitrogen and oxygen atoms in total. The highest BCUT2D eigenvalue weighted by Gasteiger charge is 2.15. The number of nitrogens with one attached hydrogen (secondary N) is 2. The number of nitrogens with zero attached hydrogens (tertiary/aromatic N) is 4. The first-order chi connectivity index (χ1) is 16.3. The van der Waals surface area contributed by atoms with Crippen LogP contribution in [0.4, 0.5) is 10.6 Å². The van der Waals surface area contributed by atoms with Gasteiger partial charge < -0.3 is 26.7 Å². The summed E-state index contributed by atoms with van der Waals surface area (Å²) in [5.41, 5.74) is 12.0. The number of hydrogen-bond acceptors (Lipinski definition) is 6. The van der Waals surface area contributed by atoms with Gasteiger partial charge in [-0.1, -0.05) is 30.7 Å². The number of primary amides is 1. The number of urea groups is 1. The predicted molar refractivity (Wildman–Crippen MR) is 131 cm³/mol. The summed E-state index contributed by atoms with van der Waals surface area (Å²) in [6, 6.07) is 8.83. The molecule has 0 fully saturated rings. The van der Waals surface area contributed by atoms with Crippen LogP contribution in [-0.4, -0.2) is 44.7 Å². The molecule has 0 saturated heterocycles. The molecule has 178 valence electrons. The van der Waals surface area contributed by atoms with Gasteiger partial charge in [-0.3, -0.25) is 9.59 Å². The molecule has 4 aromatic rings. The van der Waals surface area contributed by atoms with Gasteiger partial charge in [0.1, 0.15) is 5.56 Å². The molecule has 3 amide bonds. The number of carbonyl (C=O) groups excluding carboxylic acids is 2. The first-order valence-electron chi connectivity index (χ1n) is 10.4. The molecular formula is C22H25ClN8O3. The second kappa shape index (κ2) is 10.7. The Balaban J connectivity index is 0.000000212. The minimum atomic E-state index is -0.619. The molecule has 0 aliphatic heterocycles. The van der Waals surface area contributed by atoms with Gasteiger partial charge in [-0.2, -0.15) is 0 Å². The Morgan fingerprint density at radius 3 is 2.68 bits per heavy atom. The quantitative estimate of drug-likeness (QED) is 0.336. The number of amides is 3. The highest BCUT2D eigenvalue weighted by molar-refractivity contribution is 6.35. The van der Waals surface area contributed by atoms with Crippen LogP contribution >= 0.6 is 11.6 Å². The average Bonchev–Trinajstić information content (AvgIpc) is 3.16. The summed E-state index contributed by atoms with van der Waals surface area (Å²) in [6.07, 6.45) is 3.92. The predicted octanol–water partition coefficient (Wildman–Crippen LogP) is 1.56. The second-order valence-corrected chi connectivity index (χ2v) is 7.58. The van der Waals surface area contributed by atoms with Crippen LogP contribution < -0.4 is 27.7 Å². The van der Waals surface area contributed by atoms with E-state index in [0.717, 1.165) is 17.5 Å². The van der Waals surface area contributed by atoms with E-state index in [1.807, 2.05) is 25.1 Å². The summed E-state index contributed by atoms with van der Waals surface area (Å²) >= 11 is 6.14. The third kappa shape index (κ3) is 5.09. The molecule has 3 heterocycles. The number of rotatable bonds is 5. The Morgan fingerprint density at radius 2 is 2.00 bits per heavy atom. The molecule has 0 unspecified atom stereocenters. The highest BCUT2D eigenvalue weighted by Crippen LogP contribution is 2.21. The van der Waals surface area contributed by atoms with Crippen molar-refractivity contribution in [3.05, 3.63) is 69.4 Å². The molecule has 1 aromatic carbocycles. The average molecular weight is 485 g/mol. The largest absolute Gasteiger partial charge is 0.381 e. The number of nitrogen functional groups attached to an aromatic ring is 1. The lowest BCUT2D eigenvalue weighted by atomic mass is 10.1. The third-order valence-electron chi connectivity index (χ3n) is 5.05. The van der Waals surface area contributed by atoms with Crippen LogP contribution in [0.5, 0.6) is 0 Å². The van der Waals surface area contributed by atoms with Gasteiger partial charge >= 0.3 is 6.03 Å². The second-order valence-electron chi connectivity index (χ2n) is 7.17. The van der Waals surface area contributed by atoms with Gasteiger partial charge in [0.15, 0.2) is 11.5 Å². The number of aryl methyl sites for hydroxylation is 1. The molecule has 34 heavy (non-hydrogen) atoms. The third-order valence-corrected chi connectivity index (χ3v) is 5.37. The fraction of sp³-hybridized carbons (Fsp3) is 0.227. The van der Waals surface area contributed by atoms with E-state index in [9.17, 15) is 14.4 Å². The van der Waals surface area contributed by atoms with Gasteiger partial charge in [-0.05, 0) is 30.0 Å². The standard InChI is InChI=1S/C15H18ClN3O2.C7H7N5O/c1-3-11-9-10-5-4-6-12(16)13(10)14(20)19(11)8-7-18-15(21)17-2;8-5-4(6(9)13)7-10-2-1-3-12(7)11-5/h4-6,9H,3,7-8H2,1-2H3,(H2,17,18,21);1-3H,(H2,8,11)(H2,9,13). The lowest BCUT2D eigenvalue weighted by Crippen LogP contribution is -2.37. The van der Waals surface area contributed by atoms with Crippen LogP contribution in [0.1, 0.15) is 23.0 Å². The van der Waals surface area contributed by atoms with Gasteiger partial charge in [0, 0.05) is 38.2 Å². The normalized spacial score (nSPS) is 10.6. The SMILES string of the molecule is CCc1cc2cccc(Cl)c2c(=O)n1CCNC(=O)NC.NC(=O)c1c(N)nn2cccnc12. The number of aromatic nitrogens is 4. The van der Waals surface area contributed by atoms with Crippen molar-refractivity contribution in [3.8, 4) is 0 Å². The fourth-order valence-corrected chi connectivity index (χ4v) is 3.72. The van der Waals surface area contributed by atoms with Crippen molar-refractivity contribution in [1.82, 2.24) is 29.8 Å². The zero-order chi connectivity index (χ0) is 24.8. The summed E-state index contributed by atoms with van der Waals surface area (Å²) in [4.78, 5) is 38.7. The van der Waals surface area contributed by atoms with Crippen LogP contribution in [-0.2, 0) is 13.0 Å². The van der Waals surface area contributed by atoms with Gasteiger partial charge in [-0.15, -0.1) is 5.10 Å². The minimum absolute atomic E-state index is 0.103. The number of hydrogen-bond donors (Lipinski definition) is 4. The molecular weight excluding hydrogens is 460 g/mol. The summed E-state index contributed by atoms with van der Waals surface area (Å²) in [6.45, 7) is 2.78. The first-order valence-corrected chi connectivity index (χ1v) is 10.8. The molecule has 0 aliphatic carbocycles. The first kappa shape index (κ1) is 24.5. The Bertz CT molecular complexity index is 1410. The Morgan fingerprint density at radius 1 is 1.24 bits per heavy atom.